The Kier molecular flexibility index (Phi) is 4.65. The SMILES string of the molecule is COc1ccc(N2C[C@@H](C(=O)Nc3cccc4[nH]ccc34)CC2=O)c(OC)c1. The highest BCUT2D eigenvalue weighted by Gasteiger charge is 2.36. The van der Waals surface area contributed by atoms with Gasteiger partial charge in [0.2, 0.25) is 11.8 Å². The molecule has 0 radical (unpaired) electrons. The normalized spacial score (nSPS) is 16.4. The summed E-state index contributed by atoms with van der Waals surface area (Å²) < 4.78 is 10.6. The number of hydrogen-bond donors (Lipinski definition) is 2. The van der Waals surface area contributed by atoms with E-state index >= 15 is 0 Å². The zero-order valence-electron chi connectivity index (χ0n) is 15.7. The molecule has 0 aliphatic carbocycles. The molecule has 2 amide bonds. The predicted molar refractivity (Wildman–Crippen MR) is 107 cm³/mol. The number of benzene rings is 2. The Hall–Kier alpha value is -3.48. The Morgan fingerprint density at radius 1 is 1.18 bits per heavy atom. The summed E-state index contributed by atoms with van der Waals surface area (Å²) in [6.45, 7) is 0.302. The van der Waals surface area contributed by atoms with Gasteiger partial charge in [-0.25, -0.2) is 0 Å². The smallest absolute Gasteiger partial charge is 0.229 e. The van der Waals surface area contributed by atoms with Gasteiger partial charge in [-0.15, -0.1) is 0 Å². The maximum absolute atomic E-state index is 12.8. The van der Waals surface area contributed by atoms with Crippen molar-refractivity contribution < 1.29 is 19.1 Å². The molecule has 7 nitrogen and oxygen atoms in total. The van der Waals surface area contributed by atoms with Crippen LogP contribution in [0.25, 0.3) is 10.9 Å². The molecule has 0 unspecified atom stereocenters. The first-order valence-corrected chi connectivity index (χ1v) is 9.00. The van der Waals surface area contributed by atoms with Gasteiger partial charge in [-0.1, -0.05) is 6.07 Å². The van der Waals surface area contributed by atoms with Crippen LogP contribution in [0, 0.1) is 5.92 Å². The molecular weight excluding hydrogens is 358 g/mol. The van der Waals surface area contributed by atoms with Crippen LogP contribution >= 0.6 is 0 Å². The van der Waals surface area contributed by atoms with Crippen LogP contribution in [0.5, 0.6) is 11.5 Å². The highest BCUT2D eigenvalue weighted by Crippen LogP contribution is 2.36. The second kappa shape index (κ2) is 7.26. The summed E-state index contributed by atoms with van der Waals surface area (Å²) in [4.78, 5) is 30.1. The molecule has 0 saturated carbocycles. The second-order valence-electron chi connectivity index (χ2n) is 6.68. The highest BCUT2D eigenvalue weighted by atomic mass is 16.5. The number of rotatable bonds is 5. The fourth-order valence-electron chi connectivity index (χ4n) is 3.55. The molecule has 2 aromatic carbocycles. The molecular formula is C21H21N3O4. The summed E-state index contributed by atoms with van der Waals surface area (Å²) in [5.74, 6) is 0.459. The second-order valence-corrected chi connectivity index (χ2v) is 6.68. The van der Waals surface area contributed by atoms with E-state index in [9.17, 15) is 9.59 Å². The lowest BCUT2D eigenvalue weighted by Crippen LogP contribution is -2.28. The number of ether oxygens (including phenoxy) is 2. The van der Waals surface area contributed by atoms with Crippen LogP contribution in [-0.2, 0) is 9.59 Å². The highest BCUT2D eigenvalue weighted by molar-refractivity contribution is 6.07. The van der Waals surface area contributed by atoms with Crippen LogP contribution < -0.4 is 19.7 Å². The minimum atomic E-state index is -0.437. The third-order valence-electron chi connectivity index (χ3n) is 5.03. The largest absolute Gasteiger partial charge is 0.497 e. The number of carbonyl (C=O) groups is 2. The number of nitrogens with one attached hydrogen (secondary N) is 2. The van der Waals surface area contributed by atoms with E-state index in [1.165, 1.54) is 0 Å². The van der Waals surface area contributed by atoms with Gasteiger partial charge in [0.15, 0.2) is 0 Å². The number of fused-ring (bicyclic) bond motifs is 1. The third kappa shape index (κ3) is 3.15. The standard InChI is InChI=1S/C21H21N3O4/c1-27-14-6-7-18(19(11-14)28-2)24-12-13(10-20(24)25)21(26)23-17-5-3-4-16-15(17)8-9-22-16/h3-9,11,13,22H,10,12H2,1-2H3,(H,23,26)/t13-/m0/s1. The first kappa shape index (κ1) is 17.9. The molecule has 0 spiro atoms. The number of H-pyrrole nitrogens is 1. The minimum Gasteiger partial charge on any atom is -0.497 e. The molecule has 1 fully saturated rings. The molecule has 1 saturated heterocycles. The van der Waals surface area contributed by atoms with Gasteiger partial charge in [0.1, 0.15) is 11.5 Å². The number of amides is 2. The Morgan fingerprint density at radius 2 is 2.04 bits per heavy atom. The van der Waals surface area contributed by atoms with Crippen molar-refractivity contribution >= 4 is 34.1 Å². The average Bonchev–Trinajstić information content (AvgIpc) is 3.34. The number of nitrogens with zero attached hydrogens (tertiary/aromatic N) is 1. The number of anilines is 2. The molecule has 28 heavy (non-hydrogen) atoms. The van der Waals surface area contributed by atoms with Gasteiger partial charge in [0, 0.05) is 36.1 Å². The molecule has 7 heteroatoms. The third-order valence-corrected chi connectivity index (χ3v) is 5.03. The Morgan fingerprint density at radius 3 is 2.82 bits per heavy atom. The average molecular weight is 379 g/mol. The maximum Gasteiger partial charge on any atom is 0.229 e. The van der Waals surface area contributed by atoms with Gasteiger partial charge >= 0.3 is 0 Å². The molecule has 4 rings (SSSR count). The van der Waals surface area contributed by atoms with E-state index in [0.29, 0.717) is 23.7 Å². The van der Waals surface area contributed by atoms with Crippen LogP contribution in [0.3, 0.4) is 0 Å². The Labute approximate surface area is 162 Å². The first-order chi connectivity index (χ1) is 13.6. The summed E-state index contributed by atoms with van der Waals surface area (Å²) in [6, 6.07) is 12.9. The van der Waals surface area contributed by atoms with E-state index in [4.69, 9.17) is 9.47 Å². The van der Waals surface area contributed by atoms with Crippen molar-refractivity contribution in [1.29, 1.82) is 0 Å². The zero-order chi connectivity index (χ0) is 19.7. The quantitative estimate of drug-likeness (QED) is 0.713. The van der Waals surface area contributed by atoms with Crippen molar-refractivity contribution in [2.45, 2.75) is 6.42 Å². The Bertz CT molecular complexity index is 1040. The van der Waals surface area contributed by atoms with Gasteiger partial charge in [-0.05, 0) is 30.3 Å². The summed E-state index contributed by atoms with van der Waals surface area (Å²) in [5.41, 5.74) is 2.32. The molecule has 1 aliphatic heterocycles. The maximum atomic E-state index is 12.8. The van der Waals surface area contributed by atoms with Gasteiger partial charge < -0.3 is 24.7 Å². The first-order valence-electron chi connectivity index (χ1n) is 9.00. The topological polar surface area (TPSA) is 83.7 Å². The lowest BCUT2D eigenvalue weighted by atomic mass is 10.1. The summed E-state index contributed by atoms with van der Waals surface area (Å²) in [5, 5.41) is 3.90. The summed E-state index contributed by atoms with van der Waals surface area (Å²) in [6.07, 6.45) is 1.99. The van der Waals surface area contributed by atoms with Crippen molar-refractivity contribution in [3.63, 3.8) is 0 Å². The molecule has 1 atom stereocenters. The van der Waals surface area contributed by atoms with Crippen LogP contribution in [0.4, 0.5) is 11.4 Å². The van der Waals surface area contributed by atoms with Crippen LogP contribution in [0.15, 0.2) is 48.7 Å². The predicted octanol–water partition coefficient (Wildman–Crippen LogP) is 3.18. The number of carbonyl (C=O) groups excluding carboxylic acids is 2. The minimum absolute atomic E-state index is 0.108. The summed E-state index contributed by atoms with van der Waals surface area (Å²) in [7, 11) is 3.11. The molecule has 2 N–H and O–H groups in total. The van der Waals surface area contributed by atoms with Gasteiger partial charge in [0.25, 0.3) is 0 Å². The van der Waals surface area contributed by atoms with Crippen molar-refractivity contribution in [3.05, 3.63) is 48.7 Å². The van der Waals surface area contributed by atoms with Crippen molar-refractivity contribution in [1.82, 2.24) is 4.98 Å². The molecule has 1 aliphatic rings. The van der Waals surface area contributed by atoms with E-state index in [0.717, 1.165) is 16.6 Å². The molecule has 1 aromatic heterocycles. The lowest BCUT2D eigenvalue weighted by molar-refractivity contribution is -0.122. The number of aromatic amines is 1. The fraction of sp³-hybridized carbons (Fsp3) is 0.238. The van der Waals surface area contributed by atoms with Crippen molar-refractivity contribution in [2.75, 3.05) is 31.0 Å². The molecule has 2 heterocycles. The van der Waals surface area contributed by atoms with Crippen LogP contribution in [0.2, 0.25) is 0 Å². The lowest BCUT2D eigenvalue weighted by Gasteiger charge is -2.20. The van der Waals surface area contributed by atoms with Crippen LogP contribution in [0.1, 0.15) is 6.42 Å². The van der Waals surface area contributed by atoms with E-state index in [2.05, 4.69) is 10.3 Å². The van der Waals surface area contributed by atoms with Crippen molar-refractivity contribution in [2.24, 2.45) is 5.92 Å². The van der Waals surface area contributed by atoms with E-state index in [1.807, 2.05) is 30.5 Å². The van der Waals surface area contributed by atoms with Gasteiger partial charge in [0.05, 0.1) is 31.5 Å². The molecule has 144 valence electrons. The zero-order valence-corrected chi connectivity index (χ0v) is 15.7. The summed E-state index contributed by atoms with van der Waals surface area (Å²) >= 11 is 0. The van der Waals surface area contributed by atoms with Crippen LogP contribution in [-0.4, -0.2) is 37.6 Å². The number of methoxy groups -OCH3 is 2. The van der Waals surface area contributed by atoms with Gasteiger partial charge in [-0.3, -0.25) is 9.59 Å². The Balaban J connectivity index is 1.53. The molecule has 3 aromatic rings. The number of aromatic nitrogens is 1. The van der Waals surface area contributed by atoms with E-state index in [1.54, 1.807) is 37.3 Å². The fourth-order valence-corrected chi connectivity index (χ4v) is 3.55. The number of hydrogen-bond acceptors (Lipinski definition) is 4. The monoisotopic (exact) mass is 379 g/mol. The van der Waals surface area contributed by atoms with Gasteiger partial charge in [-0.2, -0.15) is 0 Å². The molecule has 0 bridgehead atoms. The van der Waals surface area contributed by atoms with Crippen molar-refractivity contribution in [3.8, 4) is 11.5 Å². The van der Waals surface area contributed by atoms with E-state index < -0.39 is 5.92 Å². The van der Waals surface area contributed by atoms with E-state index in [-0.39, 0.29) is 18.2 Å².